The Morgan fingerprint density at radius 3 is 2.45 bits per heavy atom. The quantitative estimate of drug-likeness (QED) is 0.736. The van der Waals surface area contributed by atoms with Crippen LogP contribution in [-0.2, 0) is 14.1 Å². The normalized spacial score (nSPS) is 40.9. The van der Waals surface area contributed by atoms with Crippen molar-refractivity contribution in [3.05, 3.63) is 0 Å². The fourth-order valence-corrected chi connectivity index (χ4v) is 4.84. The Labute approximate surface area is 135 Å². The lowest BCUT2D eigenvalue weighted by molar-refractivity contribution is -0.199. The zero-order valence-electron chi connectivity index (χ0n) is 15.2. The van der Waals surface area contributed by atoms with Gasteiger partial charge in [-0.1, -0.05) is 41.5 Å². The second-order valence-electron chi connectivity index (χ2n) is 9.69. The highest BCUT2D eigenvalue weighted by Crippen LogP contribution is 2.66. The fraction of sp³-hybridized carbons (Fsp3) is 0.944. The van der Waals surface area contributed by atoms with Crippen LogP contribution in [0.5, 0.6) is 0 Å². The van der Waals surface area contributed by atoms with E-state index in [-0.39, 0.29) is 35.8 Å². The van der Waals surface area contributed by atoms with Crippen molar-refractivity contribution in [3.63, 3.8) is 0 Å². The van der Waals surface area contributed by atoms with Crippen molar-refractivity contribution < 1.29 is 14.1 Å². The number of carbonyl (C=O) groups excluding carboxylic acids is 1. The van der Waals surface area contributed by atoms with Gasteiger partial charge in [-0.3, -0.25) is 4.79 Å². The fourth-order valence-electron chi connectivity index (χ4n) is 4.84. The summed E-state index contributed by atoms with van der Waals surface area (Å²) in [5, 5.41) is 0. The van der Waals surface area contributed by atoms with Crippen LogP contribution in [-0.4, -0.2) is 24.6 Å². The Bertz CT molecular complexity index is 481. The molecule has 5 atom stereocenters. The lowest BCUT2D eigenvalue weighted by Crippen LogP contribution is -2.65. The van der Waals surface area contributed by atoms with Crippen molar-refractivity contribution in [1.29, 1.82) is 0 Å². The molecule has 0 aromatic rings. The molecule has 3 nitrogen and oxygen atoms in total. The van der Waals surface area contributed by atoms with Gasteiger partial charge in [-0.2, -0.15) is 0 Å². The molecule has 2 bridgehead atoms. The molecule has 1 aliphatic heterocycles. The molecule has 3 saturated carbocycles. The number of hydrogen-bond acceptors (Lipinski definition) is 3. The maximum absolute atomic E-state index is 12.3. The average Bonchev–Trinajstić information content (AvgIpc) is 2.74. The molecule has 0 N–H and O–H groups in total. The second-order valence-corrected chi connectivity index (χ2v) is 9.69. The highest BCUT2D eigenvalue weighted by atomic mass is 16.7. The molecule has 4 aliphatic rings. The molecular weight excluding hydrogens is 275 g/mol. The van der Waals surface area contributed by atoms with Crippen LogP contribution in [0.25, 0.3) is 0 Å². The van der Waals surface area contributed by atoms with Gasteiger partial charge in [0.25, 0.3) is 0 Å². The minimum atomic E-state index is -0.285. The molecule has 1 heterocycles. The van der Waals surface area contributed by atoms with E-state index >= 15 is 0 Å². The molecule has 4 heteroatoms. The molecule has 22 heavy (non-hydrogen) atoms. The third kappa shape index (κ3) is 2.29. The average molecular weight is 306 g/mol. The number of hydrogen-bond donors (Lipinski definition) is 0. The predicted molar refractivity (Wildman–Crippen MR) is 88.6 cm³/mol. The van der Waals surface area contributed by atoms with Crippen LogP contribution < -0.4 is 0 Å². The zero-order valence-corrected chi connectivity index (χ0v) is 15.2. The summed E-state index contributed by atoms with van der Waals surface area (Å²) in [5.74, 6) is 1.76. The van der Waals surface area contributed by atoms with E-state index in [9.17, 15) is 4.79 Å². The molecule has 0 amide bonds. The summed E-state index contributed by atoms with van der Waals surface area (Å²) in [6.45, 7) is 15.0. The van der Waals surface area contributed by atoms with Gasteiger partial charge in [0, 0.05) is 11.8 Å². The van der Waals surface area contributed by atoms with E-state index in [1.807, 2.05) is 20.8 Å². The summed E-state index contributed by atoms with van der Waals surface area (Å²) in [7, 11) is -0.226. The molecule has 124 valence electrons. The van der Waals surface area contributed by atoms with Crippen LogP contribution in [0, 0.1) is 22.7 Å². The van der Waals surface area contributed by atoms with E-state index in [2.05, 4.69) is 27.7 Å². The van der Waals surface area contributed by atoms with E-state index < -0.39 is 0 Å². The van der Waals surface area contributed by atoms with Gasteiger partial charge >= 0.3 is 7.12 Å². The number of Topliss-reactive ketones (excluding diaryl/α,β-unsaturated/α-hetero) is 1. The van der Waals surface area contributed by atoms with Crippen LogP contribution in [0.2, 0.25) is 5.82 Å². The summed E-state index contributed by atoms with van der Waals surface area (Å²) in [6, 6.07) is 0. The van der Waals surface area contributed by atoms with Crippen LogP contribution in [0.3, 0.4) is 0 Å². The Kier molecular flexibility index (Phi) is 3.62. The summed E-state index contributed by atoms with van der Waals surface area (Å²) < 4.78 is 12.7. The van der Waals surface area contributed by atoms with Gasteiger partial charge < -0.3 is 9.31 Å². The number of rotatable bonds is 3. The molecule has 0 radical (unpaired) electrons. The highest BCUT2D eigenvalue weighted by Gasteiger charge is 2.68. The molecule has 0 spiro atoms. The van der Waals surface area contributed by atoms with Crippen LogP contribution in [0.1, 0.15) is 67.7 Å². The van der Waals surface area contributed by atoms with E-state index in [0.717, 1.165) is 12.3 Å². The van der Waals surface area contributed by atoms with Crippen molar-refractivity contribution in [2.24, 2.45) is 22.7 Å². The largest absolute Gasteiger partial charge is 0.461 e. The van der Waals surface area contributed by atoms with Crippen LogP contribution in [0.15, 0.2) is 0 Å². The zero-order chi connectivity index (χ0) is 16.5. The minimum absolute atomic E-state index is 0.120. The molecular formula is C18H31BO3. The predicted octanol–water partition coefficient (Wildman–Crippen LogP) is 4.11. The molecule has 3 aliphatic carbocycles. The molecule has 4 rings (SSSR count). The van der Waals surface area contributed by atoms with Gasteiger partial charge in [0.05, 0.1) is 11.7 Å². The van der Waals surface area contributed by atoms with Crippen LogP contribution >= 0.6 is 0 Å². The summed E-state index contributed by atoms with van der Waals surface area (Å²) in [5.41, 5.74) is -0.0803. The van der Waals surface area contributed by atoms with Gasteiger partial charge in [-0.25, -0.2) is 0 Å². The Morgan fingerprint density at radius 1 is 1.27 bits per heavy atom. The summed E-state index contributed by atoms with van der Waals surface area (Å²) in [6.07, 6.45) is 3.12. The third-order valence-electron chi connectivity index (χ3n) is 6.78. The van der Waals surface area contributed by atoms with E-state index in [4.69, 9.17) is 9.31 Å². The van der Waals surface area contributed by atoms with E-state index in [1.54, 1.807) is 0 Å². The van der Waals surface area contributed by atoms with Gasteiger partial charge in [0.1, 0.15) is 5.78 Å². The van der Waals surface area contributed by atoms with Crippen molar-refractivity contribution in [3.8, 4) is 0 Å². The maximum Gasteiger partial charge on any atom is 0.461 e. The molecule has 0 aromatic carbocycles. The first-order chi connectivity index (χ1) is 9.96. The van der Waals surface area contributed by atoms with E-state index in [0.29, 0.717) is 17.8 Å². The van der Waals surface area contributed by atoms with Crippen molar-refractivity contribution >= 4 is 12.9 Å². The van der Waals surface area contributed by atoms with E-state index in [1.165, 1.54) is 6.42 Å². The van der Waals surface area contributed by atoms with Gasteiger partial charge in [-0.15, -0.1) is 0 Å². The monoisotopic (exact) mass is 306 g/mol. The standard InChI is InChI=1S/C18H31BO3/c1-11(8-14(20)16(2,3)4)19-21-15-10-12-9-13(17(12,5)6)18(15,7)22-19/h11-13,15H,8-10H2,1-7H3/t11-,12+,13+,15-,18+/m1/s1. The SMILES string of the molecule is C[C@H](CC(=O)C(C)(C)C)B1O[C@@H]2C[C@@H]3C[C@@H](C3(C)C)[C@]2(C)O1. The van der Waals surface area contributed by atoms with Crippen molar-refractivity contribution in [2.75, 3.05) is 0 Å². The first kappa shape index (κ1) is 16.5. The number of carbonyl (C=O) groups is 1. The van der Waals surface area contributed by atoms with Crippen molar-refractivity contribution in [1.82, 2.24) is 0 Å². The summed E-state index contributed by atoms with van der Waals surface area (Å²) >= 11 is 0. The van der Waals surface area contributed by atoms with Gasteiger partial charge in [0.15, 0.2) is 0 Å². The molecule has 0 aromatic heterocycles. The number of ketones is 1. The van der Waals surface area contributed by atoms with Gasteiger partial charge in [0.2, 0.25) is 0 Å². The molecule has 0 unspecified atom stereocenters. The Hall–Kier alpha value is -0.345. The third-order valence-corrected chi connectivity index (χ3v) is 6.78. The topological polar surface area (TPSA) is 35.5 Å². The minimum Gasteiger partial charge on any atom is -0.405 e. The van der Waals surface area contributed by atoms with Crippen molar-refractivity contribution in [2.45, 2.75) is 85.3 Å². The lowest BCUT2D eigenvalue weighted by atomic mass is 9.43. The molecule has 4 fully saturated rings. The smallest absolute Gasteiger partial charge is 0.405 e. The Morgan fingerprint density at radius 2 is 1.91 bits per heavy atom. The van der Waals surface area contributed by atoms with Crippen LogP contribution in [0.4, 0.5) is 0 Å². The highest BCUT2D eigenvalue weighted by molar-refractivity contribution is 6.47. The second kappa shape index (κ2) is 4.83. The Balaban J connectivity index is 1.69. The maximum atomic E-state index is 12.3. The lowest BCUT2D eigenvalue weighted by Gasteiger charge is -2.64. The first-order valence-corrected chi connectivity index (χ1v) is 8.83. The van der Waals surface area contributed by atoms with Gasteiger partial charge in [-0.05, 0) is 42.8 Å². The summed E-state index contributed by atoms with van der Waals surface area (Å²) in [4.78, 5) is 12.3. The molecule has 1 saturated heterocycles. The first-order valence-electron chi connectivity index (χ1n) is 8.83.